The molecule has 0 aliphatic heterocycles. The van der Waals surface area contributed by atoms with Crippen LogP contribution in [-0.2, 0) is 19.9 Å². The topological polar surface area (TPSA) is 55.6 Å². The van der Waals surface area contributed by atoms with Gasteiger partial charge in [0.2, 0.25) is 0 Å². The van der Waals surface area contributed by atoms with Crippen molar-refractivity contribution in [2.45, 2.75) is 33.1 Å². The van der Waals surface area contributed by atoms with Gasteiger partial charge in [-0.3, -0.25) is 4.68 Å². The number of rotatable bonds is 6. The SMILES string of the molecule is CCc1nc(C)cc(NCCCc2cnn(C)c2)n1. The first-order valence-corrected chi connectivity index (χ1v) is 6.73. The van der Waals surface area contributed by atoms with E-state index in [2.05, 4.69) is 33.5 Å². The zero-order valence-electron chi connectivity index (χ0n) is 11.8. The zero-order valence-corrected chi connectivity index (χ0v) is 11.8. The van der Waals surface area contributed by atoms with Gasteiger partial charge in [0, 0.05) is 38.0 Å². The van der Waals surface area contributed by atoms with E-state index in [1.165, 1.54) is 5.56 Å². The fourth-order valence-corrected chi connectivity index (χ4v) is 1.99. The third-order valence-electron chi connectivity index (χ3n) is 2.92. The molecule has 102 valence electrons. The summed E-state index contributed by atoms with van der Waals surface area (Å²) >= 11 is 0. The molecule has 2 rings (SSSR count). The second kappa shape index (κ2) is 6.31. The Hall–Kier alpha value is -1.91. The molecular weight excluding hydrogens is 238 g/mol. The largest absolute Gasteiger partial charge is 0.370 e. The van der Waals surface area contributed by atoms with E-state index in [-0.39, 0.29) is 0 Å². The van der Waals surface area contributed by atoms with Crippen molar-refractivity contribution >= 4 is 5.82 Å². The summed E-state index contributed by atoms with van der Waals surface area (Å²) in [5, 5.41) is 7.52. The number of hydrogen-bond donors (Lipinski definition) is 1. The fourth-order valence-electron chi connectivity index (χ4n) is 1.99. The molecule has 0 fully saturated rings. The van der Waals surface area contributed by atoms with Crippen LogP contribution in [-0.4, -0.2) is 26.3 Å². The van der Waals surface area contributed by atoms with Gasteiger partial charge in [-0.2, -0.15) is 5.10 Å². The van der Waals surface area contributed by atoms with Crippen molar-refractivity contribution in [1.82, 2.24) is 19.7 Å². The molecule has 0 radical (unpaired) electrons. The highest BCUT2D eigenvalue weighted by molar-refractivity contribution is 5.35. The second-order valence-corrected chi connectivity index (χ2v) is 4.72. The summed E-state index contributed by atoms with van der Waals surface area (Å²) in [5.74, 6) is 1.82. The molecule has 0 aliphatic rings. The van der Waals surface area contributed by atoms with Crippen LogP contribution in [0.15, 0.2) is 18.5 Å². The molecule has 5 heteroatoms. The van der Waals surface area contributed by atoms with Crippen LogP contribution >= 0.6 is 0 Å². The van der Waals surface area contributed by atoms with Crippen molar-refractivity contribution in [3.8, 4) is 0 Å². The Morgan fingerprint density at radius 3 is 2.84 bits per heavy atom. The van der Waals surface area contributed by atoms with Gasteiger partial charge in [-0.25, -0.2) is 9.97 Å². The van der Waals surface area contributed by atoms with Crippen molar-refractivity contribution in [2.24, 2.45) is 7.05 Å². The van der Waals surface area contributed by atoms with Gasteiger partial charge < -0.3 is 5.32 Å². The molecule has 2 aromatic heterocycles. The smallest absolute Gasteiger partial charge is 0.130 e. The summed E-state index contributed by atoms with van der Waals surface area (Å²) in [4.78, 5) is 8.83. The molecule has 0 bridgehead atoms. The quantitative estimate of drug-likeness (QED) is 0.807. The van der Waals surface area contributed by atoms with Crippen molar-refractivity contribution in [3.05, 3.63) is 35.5 Å². The fraction of sp³-hybridized carbons (Fsp3) is 0.500. The lowest BCUT2D eigenvalue weighted by Gasteiger charge is -2.07. The number of aromatic nitrogens is 4. The predicted molar refractivity (Wildman–Crippen MR) is 76.2 cm³/mol. The van der Waals surface area contributed by atoms with Gasteiger partial charge in [0.15, 0.2) is 0 Å². The number of nitrogens with one attached hydrogen (secondary N) is 1. The number of aryl methyl sites for hydroxylation is 4. The molecule has 2 aromatic rings. The molecule has 2 heterocycles. The summed E-state index contributed by atoms with van der Waals surface area (Å²) in [6.45, 7) is 4.98. The van der Waals surface area contributed by atoms with E-state index in [0.29, 0.717) is 0 Å². The monoisotopic (exact) mass is 259 g/mol. The lowest BCUT2D eigenvalue weighted by molar-refractivity contribution is 0.765. The van der Waals surface area contributed by atoms with Crippen LogP contribution < -0.4 is 5.32 Å². The maximum atomic E-state index is 4.46. The molecule has 0 saturated heterocycles. The minimum Gasteiger partial charge on any atom is -0.370 e. The van der Waals surface area contributed by atoms with Crippen LogP contribution in [0.5, 0.6) is 0 Å². The maximum absolute atomic E-state index is 4.46. The van der Waals surface area contributed by atoms with Crippen LogP contribution in [0.25, 0.3) is 0 Å². The summed E-state index contributed by atoms with van der Waals surface area (Å²) in [6.07, 6.45) is 6.95. The van der Waals surface area contributed by atoms with Crippen molar-refractivity contribution < 1.29 is 0 Å². The summed E-state index contributed by atoms with van der Waals surface area (Å²) in [5.41, 5.74) is 2.29. The molecule has 0 unspecified atom stereocenters. The first-order chi connectivity index (χ1) is 9.17. The molecule has 5 nitrogen and oxygen atoms in total. The molecule has 0 amide bonds. The van der Waals surface area contributed by atoms with E-state index >= 15 is 0 Å². The Morgan fingerprint density at radius 1 is 1.32 bits per heavy atom. The second-order valence-electron chi connectivity index (χ2n) is 4.72. The van der Waals surface area contributed by atoms with Gasteiger partial charge in [-0.15, -0.1) is 0 Å². The molecule has 0 aliphatic carbocycles. The molecule has 1 N–H and O–H groups in total. The Balaban J connectivity index is 1.80. The van der Waals surface area contributed by atoms with Crippen LogP contribution in [0.3, 0.4) is 0 Å². The highest BCUT2D eigenvalue weighted by Gasteiger charge is 2.01. The lowest BCUT2D eigenvalue weighted by atomic mass is 10.2. The van der Waals surface area contributed by atoms with E-state index in [9.17, 15) is 0 Å². The van der Waals surface area contributed by atoms with E-state index < -0.39 is 0 Å². The van der Waals surface area contributed by atoms with Gasteiger partial charge in [-0.05, 0) is 25.3 Å². The highest BCUT2D eigenvalue weighted by Crippen LogP contribution is 2.07. The van der Waals surface area contributed by atoms with E-state index in [0.717, 1.165) is 43.1 Å². The minimum atomic E-state index is 0.867. The first-order valence-electron chi connectivity index (χ1n) is 6.73. The average molecular weight is 259 g/mol. The van der Waals surface area contributed by atoms with Crippen LogP contribution in [0.2, 0.25) is 0 Å². The molecule has 0 saturated carbocycles. The molecular formula is C14H21N5. The van der Waals surface area contributed by atoms with E-state index in [4.69, 9.17) is 0 Å². The van der Waals surface area contributed by atoms with Crippen molar-refractivity contribution in [1.29, 1.82) is 0 Å². The van der Waals surface area contributed by atoms with E-state index in [1.807, 2.05) is 30.9 Å². The normalized spacial score (nSPS) is 10.7. The zero-order chi connectivity index (χ0) is 13.7. The molecule has 0 aromatic carbocycles. The van der Waals surface area contributed by atoms with Crippen LogP contribution in [0.4, 0.5) is 5.82 Å². The average Bonchev–Trinajstić information content (AvgIpc) is 2.80. The Labute approximate surface area is 114 Å². The van der Waals surface area contributed by atoms with Gasteiger partial charge in [0.05, 0.1) is 6.20 Å². The lowest BCUT2D eigenvalue weighted by Crippen LogP contribution is -2.07. The standard InChI is InChI=1S/C14H21N5/c1-4-13-17-11(2)8-14(18-13)15-7-5-6-12-9-16-19(3)10-12/h8-10H,4-7H2,1-3H3,(H,15,17,18). The van der Waals surface area contributed by atoms with E-state index in [1.54, 1.807) is 0 Å². The van der Waals surface area contributed by atoms with Gasteiger partial charge in [-0.1, -0.05) is 6.92 Å². The van der Waals surface area contributed by atoms with Crippen LogP contribution in [0, 0.1) is 6.92 Å². The molecule has 0 atom stereocenters. The van der Waals surface area contributed by atoms with Gasteiger partial charge >= 0.3 is 0 Å². The summed E-state index contributed by atoms with van der Waals surface area (Å²) in [7, 11) is 1.94. The third-order valence-corrected chi connectivity index (χ3v) is 2.92. The first kappa shape index (κ1) is 13.5. The number of hydrogen-bond acceptors (Lipinski definition) is 4. The Bertz CT molecular complexity index is 532. The summed E-state index contributed by atoms with van der Waals surface area (Å²) < 4.78 is 1.84. The highest BCUT2D eigenvalue weighted by atomic mass is 15.2. The Morgan fingerprint density at radius 2 is 2.16 bits per heavy atom. The third kappa shape index (κ3) is 4.05. The minimum absolute atomic E-state index is 0.867. The van der Waals surface area contributed by atoms with Gasteiger partial charge in [0.1, 0.15) is 11.6 Å². The maximum Gasteiger partial charge on any atom is 0.130 e. The molecule has 0 spiro atoms. The number of nitrogens with zero attached hydrogens (tertiary/aromatic N) is 4. The van der Waals surface area contributed by atoms with Crippen molar-refractivity contribution in [3.63, 3.8) is 0 Å². The summed E-state index contributed by atoms with van der Waals surface area (Å²) in [6, 6.07) is 1.99. The van der Waals surface area contributed by atoms with Crippen molar-refractivity contribution in [2.75, 3.05) is 11.9 Å². The molecule has 19 heavy (non-hydrogen) atoms. The van der Waals surface area contributed by atoms with Gasteiger partial charge in [0.25, 0.3) is 0 Å². The number of anilines is 1. The van der Waals surface area contributed by atoms with Crippen LogP contribution in [0.1, 0.15) is 30.4 Å². The predicted octanol–water partition coefficient (Wildman–Crippen LogP) is 2.13. The Kier molecular flexibility index (Phi) is 4.49.